The second-order valence-corrected chi connectivity index (χ2v) is 6.75. The predicted molar refractivity (Wildman–Crippen MR) is 127 cm³/mol. The van der Waals surface area contributed by atoms with Crippen LogP contribution in [0, 0.1) is 0 Å². The number of nitrogens with zero attached hydrogens (tertiary/aromatic N) is 2. The first kappa shape index (κ1) is 25.0. The molecule has 0 radical (unpaired) electrons. The molecule has 1 unspecified atom stereocenters. The second-order valence-electron chi connectivity index (χ2n) is 6.75. The van der Waals surface area contributed by atoms with E-state index in [9.17, 15) is 4.79 Å². The minimum Gasteiger partial charge on any atom is -0.467 e. The lowest BCUT2D eigenvalue weighted by Crippen LogP contribution is -2.44. The number of hydrogen-bond donors (Lipinski definition) is 3. The molecule has 0 bridgehead atoms. The summed E-state index contributed by atoms with van der Waals surface area (Å²) in [7, 11) is 3.83. The normalized spacial score (nSPS) is 12.2. The Labute approximate surface area is 190 Å². The highest BCUT2D eigenvalue weighted by molar-refractivity contribution is 14.0. The van der Waals surface area contributed by atoms with Gasteiger partial charge in [0.2, 0.25) is 5.91 Å². The van der Waals surface area contributed by atoms with Gasteiger partial charge in [0.05, 0.1) is 19.4 Å². The molecule has 1 heterocycles. The Bertz CT molecular complexity index is 722. The number of guanidine groups is 1. The van der Waals surface area contributed by atoms with E-state index in [2.05, 4.69) is 64.1 Å². The molecule has 0 saturated heterocycles. The molecule has 3 N–H and O–H groups in total. The summed E-state index contributed by atoms with van der Waals surface area (Å²) in [5.74, 6) is 1.23. The van der Waals surface area contributed by atoms with Gasteiger partial charge < -0.3 is 20.4 Å². The fourth-order valence-electron chi connectivity index (χ4n) is 2.69. The van der Waals surface area contributed by atoms with Gasteiger partial charge in [-0.15, -0.1) is 24.0 Å². The van der Waals surface area contributed by atoms with Gasteiger partial charge in [-0.25, -0.2) is 0 Å². The molecule has 1 amide bonds. The van der Waals surface area contributed by atoms with Gasteiger partial charge in [0.15, 0.2) is 5.96 Å². The maximum Gasteiger partial charge on any atom is 0.239 e. The lowest BCUT2D eigenvalue weighted by Gasteiger charge is -2.25. The van der Waals surface area contributed by atoms with E-state index in [-0.39, 0.29) is 36.4 Å². The van der Waals surface area contributed by atoms with Crippen molar-refractivity contribution in [3.8, 4) is 0 Å². The van der Waals surface area contributed by atoms with Gasteiger partial charge in [-0.05, 0) is 38.1 Å². The molecule has 0 aliphatic rings. The molecule has 8 heteroatoms. The fourth-order valence-corrected chi connectivity index (χ4v) is 2.69. The fraction of sp³-hybridized carbons (Fsp3) is 0.429. The van der Waals surface area contributed by atoms with Crippen LogP contribution in [-0.4, -0.2) is 50.0 Å². The van der Waals surface area contributed by atoms with Crippen molar-refractivity contribution in [1.82, 2.24) is 20.9 Å². The van der Waals surface area contributed by atoms with Gasteiger partial charge in [0, 0.05) is 26.2 Å². The quantitative estimate of drug-likeness (QED) is 0.259. The Morgan fingerprint density at radius 1 is 1.14 bits per heavy atom. The number of furan rings is 1. The number of rotatable bonds is 10. The van der Waals surface area contributed by atoms with E-state index in [1.807, 2.05) is 12.1 Å². The van der Waals surface area contributed by atoms with E-state index in [1.165, 1.54) is 5.56 Å². The molecule has 0 aliphatic heterocycles. The lowest BCUT2D eigenvalue weighted by molar-refractivity contribution is -0.120. The molecule has 1 aromatic heterocycles. The molecule has 7 nitrogen and oxygen atoms in total. The van der Waals surface area contributed by atoms with Crippen molar-refractivity contribution in [3.63, 3.8) is 0 Å². The van der Waals surface area contributed by atoms with Gasteiger partial charge >= 0.3 is 0 Å². The van der Waals surface area contributed by atoms with Gasteiger partial charge in [0.1, 0.15) is 5.76 Å². The summed E-state index contributed by atoms with van der Waals surface area (Å²) in [5, 5.41) is 9.07. The molecular formula is C21H32IN5O2. The van der Waals surface area contributed by atoms with Gasteiger partial charge in [-0.1, -0.05) is 30.3 Å². The van der Waals surface area contributed by atoms with Crippen LogP contribution in [0.3, 0.4) is 0 Å². The number of carbonyl (C=O) groups excluding carboxylic acids is 1. The van der Waals surface area contributed by atoms with Crippen LogP contribution in [0.1, 0.15) is 24.7 Å². The molecule has 29 heavy (non-hydrogen) atoms. The molecule has 1 aromatic carbocycles. The minimum absolute atomic E-state index is 0. The summed E-state index contributed by atoms with van der Waals surface area (Å²) < 4.78 is 5.19. The number of amides is 1. The summed E-state index contributed by atoms with van der Waals surface area (Å²) in [6.07, 6.45) is 2.55. The van der Waals surface area contributed by atoms with Crippen molar-refractivity contribution < 1.29 is 9.21 Å². The second kappa shape index (κ2) is 14.0. The SMILES string of the molecule is CN=C(NCCC(C)N(C)Cc1ccccc1)NCC(=O)NCc1ccco1.I. The Balaban J connectivity index is 0.00000420. The highest BCUT2D eigenvalue weighted by atomic mass is 127. The Morgan fingerprint density at radius 2 is 1.90 bits per heavy atom. The number of hydrogen-bond acceptors (Lipinski definition) is 4. The Hall–Kier alpha value is -2.07. The highest BCUT2D eigenvalue weighted by Gasteiger charge is 2.10. The van der Waals surface area contributed by atoms with Crippen LogP contribution in [0.25, 0.3) is 0 Å². The zero-order chi connectivity index (χ0) is 20.2. The molecule has 2 rings (SSSR count). The first-order chi connectivity index (χ1) is 13.6. The third kappa shape index (κ3) is 9.80. The predicted octanol–water partition coefficient (Wildman–Crippen LogP) is 2.59. The molecular weight excluding hydrogens is 481 g/mol. The third-order valence-electron chi connectivity index (χ3n) is 4.56. The van der Waals surface area contributed by atoms with Crippen molar-refractivity contribution in [2.24, 2.45) is 4.99 Å². The van der Waals surface area contributed by atoms with Crippen LogP contribution >= 0.6 is 24.0 Å². The monoisotopic (exact) mass is 513 g/mol. The largest absolute Gasteiger partial charge is 0.467 e. The van der Waals surface area contributed by atoms with Gasteiger partial charge in [-0.3, -0.25) is 14.7 Å². The molecule has 2 aromatic rings. The molecule has 0 aliphatic carbocycles. The summed E-state index contributed by atoms with van der Waals surface area (Å²) in [5.41, 5.74) is 1.31. The van der Waals surface area contributed by atoms with E-state index >= 15 is 0 Å². The average Bonchev–Trinajstić information content (AvgIpc) is 3.23. The zero-order valence-corrected chi connectivity index (χ0v) is 19.7. The Kier molecular flexibility index (Phi) is 12.1. The van der Waals surface area contributed by atoms with Crippen molar-refractivity contribution in [1.29, 1.82) is 0 Å². The number of carbonyl (C=O) groups is 1. The van der Waals surface area contributed by atoms with E-state index in [4.69, 9.17) is 4.42 Å². The standard InChI is InChI=1S/C21H31N5O2.HI/c1-17(26(3)16-18-8-5-4-6-9-18)11-12-23-21(22-2)25-15-20(27)24-14-19-10-7-13-28-19;/h4-10,13,17H,11-12,14-16H2,1-3H3,(H,24,27)(H2,22,23,25);1H. The summed E-state index contributed by atoms with van der Waals surface area (Å²) in [6.45, 7) is 4.44. The van der Waals surface area contributed by atoms with Crippen molar-refractivity contribution in [2.45, 2.75) is 32.5 Å². The van der Waals surface area contributed by atoms with E-state index in [0.29, 0.717) is 18.5 Å². The smallest absolute Gasteiger partial charge is 0.239 e. The van der Waals surface area contributed by atoms with Gasteiger partial charge in [-0.2, -0.15) is 0 Å². The maximum atomic E-state index is 11.9. The third-order valence-corrected chi connectivity index (χ3v) is 4.56. The number of aliphatic imine (C=N–C) groups is 1. The number of halogens is 1. The van der Waals surface area contributed by atoms with Crippen LogP contribution in [-0.2, 0) is 17.9 Å². The molecule has 0 spiro atoms. The lowest BCUT2D eigenvalue weighted by atomic mass is 10.1. The van der Waals surface area contributed by atoms with E-state index < -0.39 is 0 Å². The summed E-state index contributed by atoms with van der Waals surface area (Å²) >= 11 is 0. The van der Waals surface area contributed by atoms with E-state index in [0.717, 1.165) is 25.3 Å². The first-order valence-corrected chi connectivity index (χ1v) is 9.56. The van der Waals surface area contributed by atoms with Crippen LogP contribution in [0.2, 0.25) is 0 Å². The first-order valence-electron chi connectivity index (χ1n) is 9.56. The van der Waals surface area contributed by atoms with Crippen molar-refractivity contribution in [2.75, 3.05) is 27.2 Å². The van der Waals surface area contributed by atoms with Crippen LogP contribution in [0.15, 0.2) is 58.1 Å². The average molecular weight is 513 g/mol. The molecule has 0 saturated carbocycles. The van der Waals surface area contributed by atoms with Gasteiger partial charge in [0.25, 0.3) is 0 Å². The van der Waals surface area contributed by atoms with Crippen molar-refractivity contribution >= 4 is 35.8 Å². The number of benzene rings is 1. The summed E-state index contributed by atoms with van der Waals surface area (Å²) in [6, 6.07) is 14.5. The van der Waals surface area contributed by atoms with Crippen LogP contribution < -0.4 is 16.0 Å². The van der Waals surface area contributed by atoms with Crippen LogP contribution in [0.5, 0.6) is 0 Å². The highest BCUT2D eigenvalue weighted by Crippen LogP contribution is 2.07. The maximum absolute atomic E-state index is 11.9. The summed E-state index contributed by atoms with van der Waals surface area (Å²) in [4.78, 5) is 18.4. The van der Waals surface area contributed by atoms with E-state index in [1.54, 1.807) is 19.4 Å². The van der Waals surface area contributed by atoms with Crippen LogP contribution in [0.4, 0.5) is 0 Å². The topological polar surface area (TPSA) is 81.9 Å². The Morgan fingerprint density at radius 3 is 2.55 bits per heavy atom. The number of nitrogens with one attached hydrogen (secondary N) is 3. The molecule has 1 atom stereocenters. The molecule has 0 fully saturated rings. The minimum atomic E-state index is -0.115. The van der Waals surface area contributed by atoms with Crippen molar-refractivity contribution in [3.05, 3.63) is 60.1 Å². The molecule has 160 valence electrons. The zero-order valence-electron chi connectivity index (χ0n) is 17.4.